The number of hydrogen-bond donors (Lipinski definition) is 1. The molecule has 0 radical (unpaired) electrons. The predicted octanol–water partition coefficient (Wildman–Crippen LogP) is 3.03. The van der Waals surface area contributed by atoms with Gasteiger partial charge in [-0.05, 0) is 47.2 Å². The maximum Gasteiger partial charge on any atom is 0.0320 e. The molecule has 0 heterocycles. The van der Waals surface area contributed by atoms with Crippen molar-refractivity contribution < 1.29 is 0 Å². The Morgan fingerprint density at radius 1 is 0.933 bits per heavy atom. The summed E-state index contributed by atoms with van der Waals surface area (Å²) in [5, 5.41) is 0. The topological polar surface area (TPSA) is 26.0 Å². The van der Waals surface area contributed by atoms with Gasteiger partial charge in [-0.1, -0.05) is 30.3 Å². The highest BCUT2D eigenvalue weighted by Crippen LogP contribution is 2.33. The van der Waals surface area contributed by atoms with Crippen LogP contribution in [0.3, 0.4) is 0 Å². The molecule has 0 aromatic heterocycles. The van der Waals surface area contributed by atoms with E-state index >= 15 is 0 Å². The van der Waals surface area contributed by atoms with E-state index in [2.05, 4.69) is 24.3 Å². The SMILES string of the molecule is Nc1cccc(-c2cccc3c2CC3)c1. The second-order valence-electron chi connectivity index (χ2n) is 4.07. The molecule has 2 N–H and O–H groups in total. The van der Waals surface area contributed by atoms with Gasteiger partial charge in [-0.15, -0.1) is 0 Å². The number of fused-ring (bicyclic) bond motifs is 1. The predicted molar refractivity (Wildman–Crippen MR) is 63.7 cm³/mol. The first-order valence-corrected chi connectivity index (χ1v) is 5.31. The largest absolute Gasteiger partial charge is 0.399 e. The van der Waals surface area contributed by atoms with Crippen molar-refractivity contribution in [2.45, 2.75) is 12.8 Å². The lowest BCUT2D eigenvalue weighted by Crippen LogP contribution is -2.09. The molecular weight excluding hydrogens is 182 g/mol. The Labute approximate surface area is 89.6 Å². The van der Waals surface area contributed by atoms with Crippen molar-refractivity contribution in [1.82, 2.24) is 0 Å². The molecule has 15 heavy (non-hydrogen) atoms. The number of nitrogen functional groups attached to an aromatic ring is 1. The van der Waals surface area contributed by atoms with Crippen LogP contribution in [0.25, 0.3) is 11.1 Å². The van der Waals surface area contributed by atoms with Crippen molar-refractivity contribution in [3.8, 4) is 11.1 Å². The van der Waals surface area contributed by atoms with Gasteiger partial charge in [-0.2, -0.15) is 0 Å². The van der Waals surface area contributed by atoms with Gasteiger partial charge in [0.2, 0.25) is 0 Å². The number of rotatable bonds is 1. The third-order valence-corrected chi connectivity index (χ3v) is 3.12. The molecule has 1 heteroatoms. The second kappa shape index (κ2) is 3.13. The lowest BCUT2D eigenvalue weighted by Gasteiger charge is -2.22. The summed E-state index contributed by atoms with van der Waals surface area (Å²) < 4.78 is 0. The summed E-state index contributed by atoms with van der Waals surface area (Å²) in [7, 11) is 0. The van der Waals surface area contributed by atoms with Crippen LogP contribution in [0.4, 0.5) is 5.69 Å². The number of nitrogens with two attached hydrogens (primary N) is 1. The third kappa shape index (κ3) is 1.32. The van der Waals surface area contributed by atoms with Crippen LogP contribution < -0.4 is 5.73 Å². The van der Waals surface area contributed by atoms with Gasteiger partial charge in [-0.3, -0.25) is 0 Å². The zero-order valence-electron chi connectivity index (χ0n) is 8.53. The number of anilines is 1. The van der Waals surface area contributed by atoms with Gasteiger partial charge in [0.05, 0.1) is 0 Å². The van der Waals surface area contributed by atoms with E-state index in [0.717, 1.165) is 5.69 Å². The monoisotopic (exact) mass is 195 g/mol. The van der Waals surface area contributed by atoms with Crippen molar-refractivity contribution >= 4 is 5.69 Å². The minimum Gasteiger partial charge on any atom is -0.399 e. The van der Waals surface area contributed by atoms with E-state index in [1.165, 1.54) is 35.1 Å². The molecule has 0 spiro atoms. The highest BCUT2D eigenvalue weighted by atomic mass is 14.5. The van der Waals surface area contributed by atoms with Crippen molar-refractivity contribution in [2.75, 3.05) is 5.73 Å². The summed E-state index contributed by atoms with van der Waals surface area (Å²) in [4.78, 5) is 0. The Balaban J connectivity index is 2.17. The molecule has 1 nitrogen and oxygen atoms in total. The van der Waals surface area contributed by atoms with Gasteiger partial charge in [0, 0.05) is 5.69 Å². The van der Waals surface area contributed by atoms with Crippen molar-refractivity contribution in [1.29, 1.82) is 0 Å². The van der Waals surface area contributed by atoms with Gasteiger partial charge < -0.3 is 5.73 Å². The summed E-state index contributed by atoms with van der Waals surface area (Å²) in [6, 6.07) is 14.7. The Kier molecular flexibility index (Phi) is 1.78. The molecular formula is C14H13N. The van der Waals surface area contributed by atoms with E-state index in [9.17, 15) is 0 Å². The fourth-order valence-electron chi connectivity index (χ4n) is 2.22. The zero-order chi connectivity index (χ0) is 10.3. The van der Waals surface area contributed by atoms with Gasteiger partial charge in [0.1, 0.15) is 0 Å². The minimum absolute atomic E-state index is 0.837. The molecule has 3 rings (SSSR count). The summed E-state index contributed by atoms with van der Waals surface area (Å²) >= 11 is 0. The fourth-order valence-corrected chi connectivity index (χ4v) is 2.22. The Morgan fingerprint density at radius 2 is 1.80 bits per heavy atom. The number of benzene rings is 2. The zero-order valence-corrected chi connectivity index (χ0v) is 8.53. The smallest absolute Gasteiger partial charge is 0.0320 e. The minimum atomic E-state index is 0.837. The van der Waals surface area contributed by atoms with Crippen LogP contribution in [0.5, 0.6) is 0 Å². The van der Waals surface area contributed by atoms with Crippen LogP contribution in [-0.4, -0.2) is 0 Å². The van der Waals surface area contributed by atoms with Crippen LogP contribution in [0, 0.1) is 0 Å². The highest BCUT2D eigenvalue weighted by Gasteiger charge is 2.16. The van der Waals surface area contributed by atoms with E-state index in [1.807, 2.05) is 18.2 Å². The van der Waals surface area contributed by atoms with E-state index in [4.69, 9.17) is 5.73 Å². The van der Waals surface area contributed by atoms with E-state index in [1.54, 1.807) is 0 Å². The molecule has 1 aliphatic carbocycles. The van der Waals surface area contributed by atoms with Crippen molar-refractivity contribution in [3.05, 3.63) is 53.6 Å². The van der Waals surface area contributed by atoms with Crippen molar-refractivity contribution in [2.24, 2.45) is 0 Å². The lowest BCUT2D eigenvalue weighted by molar-refractivity contribution is 0.842. The molecule has 0 unspecified atom stereocenters. The molecule has 0 fully saturated rings. The van der Waals surface area contributed by atoms with Gasteiger partial charge >= 0.3 is 0 Å². The van der Waals surface area contributed by atoms with Crippen LogP contribution in [0.1, 0.15) is 11.1 Å². The summed E-state index contributed by atoms with van der Waals surface area (Å²) in [6.45, 7) is 0. The molecule has 0 atom stereocenters. The lowest BCUT2D eigenvalue weighted by atomic mass is 9.82. The Morgan fingerprint density at radius 3 is 2.53 bits per heavy atom. The molecule has 1 aliphatic rings. The highest BCUT2D eigenvalue weighted by molar-refractivity contribution is 5.73. The van der Waals surface area contributed by atoms with E-state index in [-0.39, 0.29) is 0 Å². The quantitative estimate of drug-likeness (QED) is 0.695. The van der Waals surface area contributed by atoms with E-state index in [0.29, 0.717) is 0 Å². The maximum absolute atomic E-state index is 5.80. The molecule has 0 saturated carbocycles. The first kappa shape index (κ1) is 8.54. The van der Waals surface area contributed by atoms with Crippen molar-refractivity contribution in [3.63, 3.8) is 0 Å². The molecule has 0 amide bonds. The fraction of sp³-hybridized carbons (Fsp3) is 0.143. The Bertz CT molecular complexity index is 514. The molecule has 0 bridgehead atoms. The van der Waals surface area contributed by atoms with Gasteiger partial charge in [0.15, 0.2) is 0 Å². The average molecular weight is 195 g/mol. The van der Waals surface area contributed by atoms with E-state index < -0.39 is 0 Å². The maximum atomic E-state index is 5.80. The summed E-state index contributed by atoms with van der Waals surface area (Å²) in [5.41, 5.74) is 12.2. The summed E-state index contributed by atoms with van der Waals surface area (Å²) in [6.07, 6.45) is 2.44. The van der Waals surface area contributed by atoms with Crippen LogP contribution in [0.15, 0.2) is 42.5 Å². The molecule has 0 aliphatic heterocycles. The Hall–Kier alpha value is -1.76. The first-order valence-electron chi connectivity index (χ1n) is 5.31. The normalized spacial score (nSPS) is 13.1. The molecule has 74 valence electrons. The van der Waals surface area contributed by atoms with Crippen LogP contribution >= 0.6 is 0 Å². The summed E-state index contributed by atoms with van der Waals surface area (Å²) in [5.74, 6) is 0. The first-order chi connectivity index (χ1) is 7.34. The van der Waals surface area contributed by atoms with Crippen LogP contribution in [0.2, 0.25) is 0 Å². The van der Waals surface area contributed by atoms with Crippen LogP contribution in [-0.2, 0) is 12.8 Å². The third-order valence-electron chi connectivity index (χ3n) is 3.12. The average Bonchev–Trinajstić information content (AvgIpc) is 2.19. The molecule has 2 aromatic carbocycles. The molecule has 0 saturated heterocycles. The standard InChI is InChI=1S/C14H13N/c15-12-5-1-4-11(9-12)13-6-2-3-10-7-8-14(10)13/h1-6,9H,7-8,15H2. The van der Waals surface area contributed by atoms with Gasteiger partial charge in [-0.25, -0.2) is 0 Å². The second-order valence-corrected chi connectivity index (χ2v) is 4.07. The molecule has 2 aromatic rings. The number of aryl methyl sites for hydroxylation is 1. The number of hydrogen-bond acceptors (Lipinski definition) is 1. The van der Waals surface area contributed by atoms with Gasteiger partial charge in [0.25, 0.3) is 0 Å².